The van der Waals surface area contributed by atoms with Crippen LogP contribution >= 0.6 is 0 Å². The Morgan fingerprint density at radius 1 is 1.41 bits per heavy atom. The first-order valence-corrected chi connectivity index (χ1v) is 5.55. The van der Waals surface area contributed by atoms with Crippen LogP contribution in [0, 0.1) is 12.3 Å². The molecule has 0 fully saturated rings. The van der Waals surface area contributed by atoms with Crippen LogP contribution in [-0.4, -0.2) is 29.3 Å². The predicted molar refractivity (Wildman–Crippen MR) is 66.0 cm³/mol. The second-order valence-corrected chi connectivity index (χ2v) is 4.95. The molecular weight excluding hydrogens is 218 g/mol. The van der Waals surface area contributed by atoms with Gasteiger partial charge in [0.05, 0.1) is 0 Å². The minimum atomic E-state index is -0.347. The smallest absolute Gasteiger partial charge is 0.251 e. The summed E-state index contributed by atoms with van der Waals surface area (Å²) in [6.07, 6.45) is 0. The van der Waals surface area contributed by atoms with Gasteiger partial charge in [0.2, 0.25) is 0 Å². The van der Waals surface area contributed by atoms with Gasteiger partial charge in [-0.2, -0.15) is 0 Å². The summed E-state index contributed by atoms with van der Waals surface area (Å²) >= 11 is 0. The molecule has 0 spiro atoms. The van der Waals surface area contributed by atoms with Crippen molar-refractivity contribution in [1.29, 1.82) is 0 Å². The van der Waals surface area contributed by atoms with E-state index in [9.17, 15) is 9.90 Å². The van der Waals surface area contributed by atoms with Gasteiger partial charge in [-0.15, -0.1) is 0 Å². The molecule has 0 radical (unpaired) electrons. The molecule has 0 bridgehead atoms. The molecule has 0 unspecified atom stereocenters. The molecule has 0 saturated heterocycles. The van der Waals surface area contributed by atoms with Crippen molar-refractivity contribution < 1.29 is 15.0 Å². The highest BCUT2D eigenvalue weighted by molar-refractivity contribution is 5.96. The Bertz CT molecular complexity index is 413. The molecule has 0 aliphatic heterocycles. The average Bonchev–Trinajstić information content (AvgIpc) is 2.30. The fourth-order valence-electron chi connectivity index (χ4n) is 1.34. The fraction of sp³-hybridized carbons (Fsp3) is 0.462. The molecule has 1 rings (SSSR count). The molecule has 3 N–H and O–H groups in total. The van der Waals surface area contributed by atoms with Gasteiger partial charge in [-0.3, -0.25) is 4.79 Å². The van der Waals surface area contributed by atoms with Crippen molar-refractivity contribution in [1.82, 2.24) is 5.32 Å². The monoisotopic (exact) mass is 237 g/mol. The number of hydrogen-bond donors (Lipinski definition) is 3. The number of aliphatic hydroxyl groups excluding tert-OH is 1. The first-order chi connectivity index (χ1) is 7.87. The van der Waals surface area contributed by atoms with Gasteiger partial charge in [0.15, 0.2) is 0 Å². The normalized spacial score (nSPS) is 11.3. The molecule has 0 heterocycles. The second kappa shape index (κ2) is 5.19. The van der Waals surface area contributed by atoms with E-state index >= 15 is 0 Å². The Hall–Kier alpha value is -1.55. The first-order valence-electron chi connectivity index (χ1n) is 5.55. The van der Waals surface area contributed by atoms with Crippen LogP contribution in [0.4, 0.5) is 0 Å². The van der Waals surface area contributed by atoms with E-state index < -0.39 is 0 Å². The molecule has 94 valence electrons. The molecule has 1 aromatic carbocycles. The third-order valence-corrected chi connectivity index (χ3v) is 2.71. The van der Waals surface area contributed by atoms with Crippen LogP contribution in [0.5, 0.6) is 5.75 Å². The molecule has 0 saturated carbocycles. The van der Waals surface area contributed by atoms with Crippen molar-refractivity contribution in [2.45, 2.75) is 20.8 Å². The molecule has 17 heavy (non-hydrogen) atoms. The summed E-state index contributed by atoms with van der Waals surface area (Å²) in [6, 6.07) is 4.84. The summed E-state index contributed by atoms with van der Waals surface area (Å²) < 4.78 is 0. The van der Waals surface area contributed by atoms with Crippen LogP contribution in [0.2, 0.25) is 0 Å². The number of carbonyl (C=O) groups is 1. The van der Waals surface area contributed by atoms with Crippen molar-refractivity contribution in [2.75, 3.05) is 13.2 Å². The Morgan fingerprint density at radius 2 is 2.06 bits per heavy atom. The zero-order valence-electron chi connectivity index (χ0n) is 10.4. The molecule has 1 aromatic rings. The topological polar surface area (TPSA) is 69.6 Å². The van der Waals surface area contributed by atoms with Crippen molar-refractivity contribution in [3.05, 3.63) is 29.3 Å². The van der Waals surface area contributed by atoms with Crippen molar-refractivity contribution >= 4 is 5.91 Å². The average molecular weight is 237 g/mol. The number of rotatable bonds is 4. The summed E-state index contributed by atoms with van der Waals surface area (Å²) in [5.41, 5.74) is 0.672. The van der Waals surface area contributed by atoms with Crippen molar-refractivity contribution in [3.63, 3.8) is 0 Å². The maximum atomic E-state index is 11.9. The lowest BCUT2D eigenvalue weighted by molar-refractivity contribution is 0.0910. The largest absolute Gasteiger partial charge is 0.508 e. The van der Waals surface area contributed by atoms with E-state index in [4.69, 9.17) is 5.11 Å². The van der Waals surface area contributed by atoms with Crippen molar-refractivity contribution in [3.8, 4) is 5.75 Å². The van der Waals surface area contributed by atoms with Crippen LogP contribution in [0.1, 0.15) is 29.8 Å². The molecular formula is C13H19NO3. The molecule has 1 amide bonds. The van der Waals surface area contributed by atoms with Gasteiger partial charge >= 0.3 is 0 Å². The molecule has 4 heteroatoms. The van der Waals surface area contributed by atoms with Gasteiger partial charge in [0, 0.05) is 29.7 Å². The zero-order chi connectivity index (χ0) is 13.1. The van der Waals surface area contributed by atoms with Gasteiger partial charge in [-0.05, 0) is 19.1 Å². The van der Waals surface area contributed by atoms with E-state index in [0.29, 0.717) is 17.7 Å². The molecule has 0 aromatic heterocycles. The predicted octanol–water partition coefficient (Wildman–Crippen LogP) is 1.45. The maximum Gasteiger partial charge on any atom is 0.251 e. The third kappa shape index (κ3) is 3.46. The number of carbonyl (C=O) groups excluding carboxylic acids is 1. The Labute approximate surface area is 101 Å². The highest BCUT2D eigenvalue weighted by atomic mass is 16.3. The number of hydrogen-bond acceptors (Lipinski definition) is 3. The number of phenolic OH excluding ortho intramolecular Hbond substituents is 1. The number of aliphatic hydroxyl groups is 1. The lowest BCUT2D eigenvalue weighted by Gasteiger charge is -2.22. The van der Waals surface area contributed by atoms with E-state index in [-0.39, 0.29) is 23.7 Å². The number of nitrogens with one attached hydrogen (secondary N) is 1. The highest BCUT2D eigenvalue weighted by Gasteiger charge is 2.19. The second-order valence-electron chi connectivity index (χ2n) is 4.95. The number of phenols is 1. The van der Waals surface area contributed by atoms with Crippen LogP contribution in [0.3, 0.4) is 0 Å². The fourth-order valence-corrected chi connectivity index (χ4v) is 1.34. The molecule has 0 aliphatic carbocycles. The zero-order valence-corrected chi connectivity index (χ0v) is 10.4. The summed E-state index contributed by atoms with van der Waals surface area (Å²) in [6.45, 7) is 5.82. The van der Waals surface area contributed by atoms with Gasteiger partial charge in [0.1, 0.15) is 5.75 Å². The summed E-state index contributed by atoms with van der Waals surface area (Å²) in [5.74, 6) is -0.126. The van der Waals surface area contributed by atoms with E-state index in [1.54, 1.807) is 25.1 Å². The maximum absolute atomic E-state index is 11.9. The van der Waals surface area contributed by atoms with Gasteiger partial charge in [-0.1, -0.05) is 19.9 Å². The standard InChI is InChI=1S/C13H19NO3/c1-9-10(5-4-6-11(9)16)12(17)14-7-13(2,3)8-15/h4-6,15-16H,7-8H2,1-3H3,(H,14,17). The van der Waals surface area contributed by atoms with E-state index in [2.05, 4.69) is 5.32 Å². The first kappa shape index (κ1) is 13.5. The Morgan fingerprint density at radius 3 is 2.65 bits per heavy atom. The van der Waals surface area contributed by atoms with Crippen LogP contribution in [0.15, 0.2) is 18.2 Å². The summed E-state index contributed by atoms with van der Waals surface area (Å²) in [5, 5.41) is 21.3. The molecule has 4 nitrogen and oxygen atoms in total. The summed E-state index contributed by atoms with van der Waals surface area (Å²) in [4.78, 5) is 11.9. The van der Waals surface area contributed by atoms with Crippen LogP contribution in [-0.2, 0) is 0 Å². The minimum absolute atomic E-state index is 0.00625. The highest BCUT2D eigenvalue weighted by Crippen LogP contribution is 2.19. The summed E-state index contributed by atoms with van der Waals surface area (Å²) in [7, 11) is 0. The molecule has 0 atom stereocenters. The van der Waals surface area contributed by atoms with Crippen LogP contribution in [0.25, 0.3) is 0 Å². The Kier molecular flexibility index (Phi) is 4.12. The van der Waals surface area contributed by atoms with Gasteiger partial charge in [-0.25, -0.2) is 0 Å². The SMILES string of the molecule is Cc1c(O)cccc1C(=O)NCC(C)(C)CO. The van der Waals surface area contributed by atoms with E-state index in [1.165, 1.54) is 0 Å². The number of amides is 1. The minimum Gasteiger partial charge on any atom is -0.508 e. The third-order valence-electron chi connectivity index (χ3n) is 2.71. The lowest BCUT2D eigenvalue weighted by atomic mass is 9.95. The van der Waals surface area contributed by atoms with Gasteiger partial charge in [0.25, 0.3) is 5.91 Å². The molecule has 0 aliphatic rings. The lowest BCUT2D eigenvalue weighted by Crippen LogP contribution is -2.36. The van der Waals surface area contributed by atoms with Gasteiger partial charge < -0.3 is 15.5 Å². The van der Waals surface area contributed by atoms with E-state index in [1.807, 2.05) is 13.8 Å². The number of aromatic hydroxyl groups is 1. The Balaban J connectivity index is 2.74. The van der Waals surface area contributed by atoms with Crippen molar-refractivity contribution in [2.24, 2.45) is 5.41 Å². The van der Waals surface area contributed by atoms with Crippen LogP contribution < -0.4 is 5.32 Å². The number of benzene rings is 1. The quantitative estimate of drug-likeness (QED) is 0.742. The van der Waals surface area contributed by atoms with E-state index in [0.717, 1.165) is 0 Å².